The van der Waals surface area contributed by atoms with Crippen molar-refractivity contribution in [3.63, 3.8) is 0 Å². The maximum absolute atomic E-state index is 13.9. The highest BCUT2D eigenvalue weighted by Gasteiger charge is 2.66. The number of aryl methyl sites for hydroxylation is 1. The van der Waals surface area contributed by atoms with Crippen LogP contribution in [0.15, 0.2) is 41.8 Å². The molecule has 8 atom stereocenters. The molecule has 0 aromatic carbocycles. The summed E-state index contributed by atoms with van der Waals surface area (Å²) in [5.74, 6) is 0.873. The Morgan fingerprint density at radius 2 is 1.67 bits per heavy atom. The van der Waals surface area contributed by atoms with Crippen molar-refractivity contribution in [2.24, 2.45) is 51.2 Å². The van der Waals surface area contributed by atoms with Crippen molar-refractivity contribution >= 4 is 17.8 Å². The van der Waals surface area contributed by atoms with Crippen molar-refractivity contribution in [1.29, 1.82) is 0 Å². The first kappa shape index (κ1) is 39.3. The number of carboxylic acid groups (broad SMARTS) is 1. The first-order valence-corrected chi connectivity index (χ1v) is 19.9. The Kier molecular flexibility index (Phi) is 10.6. The number of nitrogens with zero attached hydrogens (tertiary/aromatic N) is 1. The Morgan fingerprint density at radius 3 is 2.29 bits per heavy atom. The van der Waals surface area contributed by atoms with E-state index < -0.39 is 17.4 Å². The third kappa shape index (κ3) is 6.41. The molecular weight excluding hydrogens is 636 g/mol. The highest BCUT2D eigenvalue weighted by atomic mass is 16.5. The van der Waals surface area contributed by atoms with Crippen LogP contribution in [0.25, 0.3) is 0 Å². The first-order chi connectivity index (χ1) is 23.8. The molecule has 51 heavy (non-hydrogen) atoms. The molecule has 7 heteroatoms. The van der Waals surface area contributed by atoms with Crippen molar-refractivity contribution in [3.05, 3.63) is 52.9 Å². The molecule has 282 valence electrons. The average molecular weight is 703 g/mol. The van der Waals surface area contributed by atoms with E-state index in [1.54, 1.807) is 26.2 Å². The highest BCUT2D eigenvalue weighted by Crippen LogP contribution is 2.72. The molecule has 5 aliphatic rings. The summed E-state index contributed by atoms with van der Waals surface area (Å²) >= 11 is 0. The number of carbonyl (C=O) groups is 3. The van der Waals surface area contributed by atoms with Gasteiger partial charge in [0.2, 0.25) is 0 Å². The number of esters is 1. The van der Waals surface area contributed by atoms with E-state index in [0.29, 0.717) is 35.2 Å². The van der Waals surface area contributed by atoms with Gasteiger partial charge in [-0.2, -0.15) is 0 Å². The second-order valence-corrected chi connectivity index (χ2v) is 18.7. The fourth-order valence-electron chi connectivity index (χ4n) is 12.5. The molecule has 1 aromatic heterocycles. The molecule has 2 N–H and O–H groups in total. The Labute approximate surface area is 307 Å². The van der Waals surface area contributed by atoms with Crippen LogP contribution in [0.3, 0.4) is 0 Å². The summed E-state index contributed by atoms with van der Waals surface area (Å²) in [6, 6.07) is 1.91. The largest absolute Gasteiger partial charge is 0.481 e. The molecule has 4 fully saturated rings. The van der Waals surface area contributed by atoms with Crippen molar-refractivity contribution in [2.75, 3.05) is 0 Å². The van der Waals surface area contributed by atoms with Crippen LogP contribution in [-0.4, -0.2) is 39.6 Å². The number of allylic oxidation sites excluding steroid dienone is 1. The van der Waals surface area contributed by atoms with Gasteiger partial charge in [-0.3, -0.25) is 19.4 Å². The van der Waals surface area contributed by atoms with Gasteiger partial charge in [0.05, 0.1) is 22.9 Å². The lowest BCUT2D eigenvalue weighted by atomic mass is 9.37. The van der Waals surface area contributed by atoms with Gasteiger partial charge in [0.25, 0.3) is 5.91 Å². The van der Waals surface area contributed by atoms with E-state index >= 15 is 0 Å². The Bertz CT molecular complexity index is 1590. The minimum Gasteiger partial charge on any atom is -0.481 e. The maximum Gasteiger partial charge on any atom is 0.309 e. The lowest BCUT2D eigenvalue weighted by Gasteiger charge is -2.68. The number of pyridine rings is 1. The van der Waals surface area contributed by atoms with Crippen LogP contribution in [-0.2, 0) is 14.3 Å². The summed E-state index contributed by atoms with van der Waals surface area (Å²) < 4.78 is 6.15. The number of nitrogens with one attached hydrogen (secondary N) is 1. The molecule has 1 amide bonds. The number of carbonyl (C=O) groups excluding carboxylic acids is 2. The second-order valence-electron chi connectivity index (χ2n) is 18.7. The predicted molar refractivity (Wildman–Crippen MR) is 203 cm³/mol. The van der Waals surface area contributed by atoms with Crippen molar-refractivity contribution < 1.29 is 24.2 Å². The van der Waals surface area contributed by atoms with Crippen molar-refractivity contribution in [2.45, 2.75) is 152 Å². The summed E-state index contributed by atoms with van der Waals surface area (Å²) in [6.07, 6.45) is 12.3. The number of fused-ring (bicyclic) bond motifs is 7. The van der Waals surface area contributed by atoms with Gasteiger partial charge in [0, 0.05) is 17.8 Å². The standard InChI is InChI=1S/C42H60N2O5.C2H6/c1-24(2)34-26(4)21-42(44-36(46)28-23-43-20-16-25(28)3)19-13-29-27(35(34)42)11-12-31-40(29,9)17-14-30-39(7,8)32(15-18-41(30,31)10)49-33(45)22-38(5,6)37(47)48;1-2/h16,20,23-24,27,29-32H,4,11-15,17-19,21-22H2,1-3,5-10H3,(H,44,46)(H,47,48);1-2H3. The number of ether oxygens (including phenoxy) is 1. The van der Waals surface area contributed by atoms with E-state index in [1.807, 2.05) is 26.8 Å². The zero-order chi connectivity index (χ0) is 37.9. The Hall–Kier alpha value is -2.96. The number of aliphatic carboxylic acids is 1. The third-order valence-corrected chi connectivity index (χ3v) is 14.7. The van der Waals surface area contributed by atoms with Crippen molar-refractivity contribution in [3.8, 4) is 0 Å². The smallest absolute Gasteiger partial charge is 0.309 e. The van der Waals surface area contributed by atoms with Crippen LogP contribution in [0, 0.1) is 58.2 Å². The fraction of sp³-hybridized carbons (Fsp3) is 0.727. The summed E-state index contributed by atoms with van der Waals surface area (Å²) in [5, 5.41) is 13.2. The molecular formula is C44H66N2O5. The molecule has 0 spiro atoms. The quantitative estimate of drug-likeness (QED) is 0.274. The summed E-state index contributed by atoms with van der Waals surface area (Å²) in [6.45, 7) is 28.0. The molecule has 1 heterocycles. The third-order valence-electron chi connectivity index (χ3n) is 14.7. The van der Waals surface area contributed by atoms with Gasteiger partial charge in [-0.1, -0.05) is 62.0 Å². The second kappa shape index (κ2) is 13.8. The van der Waals surface area contributed by atoms with Gasteiger partial charge in [0.15, 0.2) is 0 Å². The molecule has 6 rings (SSSR count). The average Bonchev–Trinajstić information content (AvgIpc) is 3.35. The summed E-state index contributed by atoms with van der Waals surface area (Å²) in [4.78, 5) is 42.9. The Balaban J connectivity index is 0.00000248. The number of amides is 1. The van der Waals surface area contributed by atoms with E-state index in [0.717, 1.165) is 63.4 Å². The van der Waals surface area contributed by atoms with Gasteiger partial charge < -0.3 is 15.2 Å². The highest BCUT2D eigenvalue weighted by molar-refractivity contribution is 5.96. The molecule has 0 saturated heterocycles. The van der Waals surface area contributed by atoms with E-state index in [4.69, 9.17) is 4.74 Å². The number of aromatic nitrogens is 1. The van der Waals surface area contributed by atoms with Gasteiger partial charge in [-0.25, -0.2) is 0 Å². The lowest BCUT2D eigenvalue weighted by Crippen LogP contribution is -2.64. The van der Waals surface area contributed by atoms with E-state index in [1.165, 1.54) is 16.7 Å². The van der Waals surface area contributed by atoms with Crippen LogP contribution in [0.4, 0.5) is 0 Å². The summed E-state index contributed by atoms with van der Waals surface area (Å²) in [5.41, 5.74) is 4.22. The fourth-order valence-corrected chi connectivity index (χ4v) is 12.5. The zero-order valence-corrected chi connectivity index (χ0v) is 33.5. The molecule has 8 unspecified atom stereocenters. The number of rotatable bonds is 7. The summed E-state index contributed by atoms with van der Waals surface area (Å²) in [7, 11) is 0. The van der Waals surface area contributed by atoms with E-state index in [9.17, 15) is 19.5 Å². The number of hydrogen-bond acceptors (Lipinski definition) is 5. The molecule has 0 radical (unpaired) electrons. The van der Waals surface area contributed by atoms with Crippen LogP contribution in [0.2, 0.25) is 0 Å². The Morgan fingerprint density at radius 1 is 1.00 bits per heavy atom. The number of carboxylic acids is 1. The minimum absolute atomic E-state index is 0.0292. The normalized spacial score (nSPS) is 35.4. The van der Waals surface area contributed by atoms with Gasteiger partial charge >= 0.3 is 11.9 Å². The molecule has 4 saturated carbocycles. The molecule has 0 bridgehead atoms. The van der Waals surface area contributed by atoms with Gasteiger partial charge in [-0.15, -0.1) is 0 Å². The SMILES string of the molecule is C=C1CC2(NC(=O)c3cnccc3C)CCC3C(CCC4C3(C)CCC3C(C)(C)C(OC(=O)CC(C)(C)C(=O)O)CCC34C)C2=C1C(C)C.CC. The predicted octanol–water partition coefficient (Wildman–Crippen LogP) is 9.89. The van der Waals surface area contributed by atoms with Gasteiger partial charge in [0.1, 0.15) is 6.10 Å². The zero-order valence-electron chi connectivity index (χ0n) is 33.5. The molecule has 1 aromatic rings. The van der Waals surface area contributed by atoms with E-state index in [-0.39, 0.29) is 40.2 Å². The van der Waals surface area contributed by atoms with Crippen molar-refractivity contribution in [1.82, 2.24) is 10.3 Å². The topological polar surface area (TPSA) is 106 Å². The molecule has 0 aliphatic heterocycles. The minimum atomic E-state index is -1.15. The van der Waals surface area contributed by atoms with Crippen LogP contribution < -0.4 is 5.32 Å². The van der Waals surface area contributed by atoms with E-state index in [2.05, 4.69) is 58.4 Å². The molecule has 5 aliphatic carbocycles. The van der Waals surface area contributed by atoms with Gasteiger partial charge in [-0.05, 0) is 147 Å². The lowest BCUT2D eigenvalue weighted by molar-refractivity contribution is -0.213. The molecule has 7 nitrogen and oxygen atoms in total. The van der Waals surface area contributed by atoms with Crippen LogP contribution in [0.5, 0.6) is 0 Å². The maximum atomic E-state index is 13.9. The van der Waals surface area contributed by atoms with Crippen LogP contribution >= 0.6 is 0 Å². The first-order valence-electron chi connectivity index (χ1n) is 19.9. The van der Waals surface area contributed by atoms with Crippen LogP contribution in [0.1, 0.15) is 149 Å². The number of hydrogen-bond donors (Lipinski definition) is 2. The monoisotopic (exact) mass is 702 g/mol.